The summed E-state index contributed by atoms with van der Waals surface area (Å²) >= 11 is 0. The third-order valence-electron chi connectivity index (χ3n) is 2.68. The fourth-order valence-electron chi connectivity index (χ4n) is 2.02. The van der Waals surface area contributed by atoms with Crippen LogP contribution in [0.15, 0.2) is 28.7 Å². The molecule has 0 atom stereocenters. The molecule has 6 N–H and O–H groups in total. The van der Waals surface area contributed by atoms with E-state index in [0.717, 1.165) is 0 Å². The number of furan rings is 1. The van der Waals surface area contributed by atoms with Gasteiger partial charge in [0.1, 0.15) is 22.7 Å². The molecule has 0 bridgehead atoms. The number of aromatic hydroxyl groups is 2. The van der Waals surface area contributed by atoms with E-state index < -0.39 is 0 Å². The van der Waals surface area contributed by atoms with Gasteiger partial charge in [0, 0.05) is 35.6 Å². The Morgan fingerprint density at radius 3 is 1.59 bits per heavy atom. The van der Waals surface area contributed by atoms with E-state index in [2.05, 4.69) is 0 Å². The van der Waals surface area contributed by atoms with Crippen molar-refractivity contribution in [3.05, 3.63) is 24.3 Å². The van der Waals surface area contributed by atoms with Crippen molar-refractivity contribution in [3.8, 4) is 11.5 Å². The normalized spacial score (nSPS) is 11.3. The zero-order valence-electron chi connectivity index (χ0n) is 8.77. The zero-order valence-corrected chi connectivity index (χ0v) is 8.77. The number of nitrogens with two attached hydrogens (primary N) is 2. The summed E-state index contributed by atoms with van der Waals surface area (Å²) in [4.78, 5) is 0. The lowest BCUT2D eigenvalue weighted by molar-refractivity contribution is 0.477. The second-order valence-electron chi connectivity index (χ2n) is 3.93. The molecule has 3 rings (SSSR count). The van der Waals surface area contributed by atoms with Gasteiger partial charge in [-0.2, -0.15) is 0 Å². The van der Waals surface area contributed by atoms with Crippen molar-refractivity contribution in [2.75, 3.05) is 11.5 Å². The second kappa shape index (κ2) is 2.98. The van der Waals surface area contributed by atoms with Crippen molar-refractivity contribution >= 4 is 33.3 Å². The van der Waals surface area contributed by atoms with Gasteiger partial charge in [-0.15, -0.1) is 0 Å². The predicted octanol–water partition coefficient (Wildman–Crippen LogP) is 2.16. The Kier molecular flexibility index (Phi) is 1.69. The lowest BCUT2D eigenvalue weighted by Crippen LogP contribution is -1.84. The van der Waals surface area contributed by atoms with Gasteiger partial charge in [0.2, 0.25) is 0 Å². The molecule has 0 aliphatic carbocycles. The van der Waals surface area contributed by atoms with Gasteiger partial charge in [-0.1, -0.05) is 0 Å². The van der Waals surface area contributed by atoms with E-state index in [1.807, 2.05) is 0 Å². The average Bonchev–Trinajstić information content (AvgIpc) is 2.55. The minimum absolute atomic E-state index is 0.0289. The van der Waals surface area contributed by atoms with Crippen LogP contribution in [0, 0.1) is 0 Å². The molecule has 5 heteroatoms. The fraction of sp³-hybridized carbons (Fsp3) is 0. The topological polar surface area (TPSA) is 106 Å². The molecule has 0 saturated heterocycles. The van der Waals surface area contributed by atoms with Crippen molar-refractivity contribution < 1.29 is 14.6 Å². The summed E-state index contributed by atoms with van der Waals surface area (Å²) in [6.45, 7) is 0. The monoisotopic (exact) mass is 230 g/mol. The summed E-state index contributed by atoms with van der Waals surface area (Å²) in [7, 11) is 0. The number of hydrogen-bond donors (Lipinski definition) is 4. The van der Waals surface area contributed by atoms with E-state index in [0.29, 0.717) is 33.3 Å². The molecular weight excluding hydrogens is 220 g/mol. The molecule has 3 aromatic rings. The number of nitrogen functional groups attached to an aromatic ring is 2. The number of benzene rings is 2. The van der Waals surface area contributed by atoms with Crippen molar-refractivity contribution in [1.29, 1.82) is 0 Å². The van der Waals surface area contributed by atoms with Gasteiger partial charge in [0.25, 0.3) is 0 Å². The first-order valence-electron chi connectivity index (χ1n) is 4.99. The van der Waals surface area contributed by atoms with Crippen LogP contribution >= 0.6 is 0 Å². The van der Waals surface area contributed by atoms with Crippen LogP contribution in [0.25, 0.3) is 21.9 Å². The van der Waals surface area contributed by atoms with E-state index in [1.54, 1.807) is 12.1 Å². The maximum Gasteiger partial charge on any atom is 0.141 e. The van der Waals surface area contributed by atoms with Crippen molar-refractivity contribution in [1.82, 2.24) is 0 Å². The third kappa shape index (κ3) is 1.25. The first kappa shape index (κ1) is 9.65. The highest BCUT2D eigenvalue weighted by Crippen LogP contribution is 2.41. The van der Waals surface area contributed by atoms with Crippen molar-refractivity contribution in [2.24, 2.45) is 0 Å². The van der Waals surface area contributed by atoms with Crippen LogP contribution in [0.3, 0.4) is 0 Å². The number of anilines is 2. The van der Waals surface area contributed by atoms with Crippen LogP contribution in [-0.2, 0) is 0 Å². The van der Waals surface area contributed by atoms with Crippen LogP contribution in [0.1, 0.15) is 0 Å². The maximum atomic E-state index is 9.85. The molecule has 0 spiro atoms. The summed E-state index contributed by atoms with van der Waals surface area (Å²) in [6, 6.07) is 6.00. The van der Waals surface area contributed by atoms with Gasteiger partial charge in [-0.05, 0) is 0 Å². The molecule has 1 heterocycles. The van der Waals surface area contributed by atoms with Gasteiger partial charge >= 0.3 is 0 Å². The van der Waals surface area contributed by atoms with Gasteiger partial charge < -0.3 is 26.1 Å². The van der Waals surface area contributed by atoms with Gasteiger partial charge in [-0.25, -0.2) is 0 Å². The molecule has 0 unspecified atom stereocenters. The smallest absolute Gasteiger partial charge is 0.141 e. The van der Waals surface area contributed by atoms with Crippen molar-refractivity contribution in [3.63, 3.8) is 0 Å². The molecule has 5 nitrogen and oxygen atoms in total. The molecule has 0 aliphatic heterocycles. The van der Waals surface area contributed by atoms with Crippen LogP contribution in [-0.4, -0.2) is 10.2 Å². The molecule has 0 amide bonds. The molecule has 0 fully saturated rings. The summed E-state index contributed by atoms with van der Waals surface area (Å²) in [5.74, 6) is -0.0577. The highest BCUT2D eigenvalue weighted by Gasteiger charge is 2.15. The van der Waals surface area contributed by atoms with E-state index in [4.69, 9.17) is 15.9 Å². The van der Waals surface area contributed by atoms with E-state index in [-0.39, 0.29) is 11.5 Å². The molecule has 2 aromatic carbocycles. The Labute approximate surface area is 95.9 Å². The predicted molar refractivity (Wildman–Crippen MR) is 65.9 cm³/mol. The van der Waals surface area contributed by atoms with Crippen molar-refractivity contribution in [2.45, 2.75) is 0 Å². The number of phenols is 2. The molecular formula is C12H10N2O3. The van der Waals surface area contributed by atoms with Crippen LogP contribution in [0.5, 0.6) is 11.5 Å². The summed E-state index contributed by atoms with van der Waals surface area (Å²) in [5.41, 5.74) is 12.8. The Balaban J connectivity index is 2.60. The molecule has 17 heavy (non-hydrogen) atoms. The third-order valence-corrected chi connectivity index (χ3v) is 2.68. The number of fused-ring (bicyclic) bond motifs is 3. The Morgan fingerprint density at radius 2 is 1.18 bits per heavy atom. The Bertz CT molecular complexity index is 684. The number of rotatable bonds is 0. The number of hydrogen-bond acceptors (Lipinski definition) is 5. The largest absolute Gasteiger partial charge is 0.507 e. The Hall–Kier alpha value is -2.56. The molecule has 0 saturated carbocycles. The van der Waals surface area contributed by atoms with Gasteiger partial charge in [0.15, 0.2) is 0 Å². The van der Waals surface area contributed by atoms with Crippen LogP contribution in [0.2, 0.25) is 0 Å². The zero-order chi connectivity index (χ0) is 12.2. The van der Waals surface area contributed by atoms with E-state index >= 15 is 0 Å². The molecule has 86 valence electrons. The first-order valence-corrected chi connectivity index (χ1v) is 4.99. The highest BCUT2D eigenvalue weighted by atomic mass is 16.3. The maximum absolute atomic E-state index is 9.85. The first-order chi connectivity index (χ1) is 8.06. The minimum atomic E-state index is -0.0289. The lowest BCUT2D eigenvalue weighted by atomic mass is 10.1. The van der Waals surface area contributed by atoms with Crippen LogP contribution < -0.4 is 11.5 Å². The lowest BCUT2D eigenvalue weighted by Gasteiger charge is -1.99. The molecule has 0 aliphatic rings. The second-order valence-corrected chi connectivity index (χ2v) is 3.93. The van der Waals surface area contributed by atoms with Gasteiger partial charge in [-0.3, -0.25) is 0 Å². The quantitative estimate of drug-likeness (QED) is 0.443. The van der Waals surface area contributed by atoms with Crippen LogP contribution in [0.4, 0.5) is 11.4 Å². The molecule has 1 aromatic heterocycles. The van der Waals surface area contributed by atoms with E-state index in [1.165, 1.54) is 12.1 Å². The SMILES string of the molecule is Nc1cc(O)c2c(c1)oc1cc(N)cc(O)c12. The van der Waals surface area contributed by atoms with Gasteiger partial charge in [0.05, 0.1) is 10.8 Å². The standard InChI is InChI=1S/C12H10N2O3/c13-5-1-7(15)11-9(3-5)17-10-4-6(14)2-8(16)12(10)11/h1-4,15-16H,13-14H2. The fourth-order valence-corrected chi connectivity index (χ4v) is 2.02. The Morgan fingerprint density at radius 1 is 0.765 bits per heavy atom. The van der Waals surface area contributed by atoms with E-state index in [9.17, 15) is 10.2 Å². The highest BCUT2D eigenvalue weighted by molar-refractivity contribution is 6.12. The minimum Gasteiger partial charge on any atom is -0.507 e. The molecule has 0 radical (unpaired) electrons. The summed E-state index contributed by atoms with van der Waals surface area (Å²) < 4.78 is 5.50. The number of phenolic OH excluding ortho intramolecular Hbond substituents is 2. The summed E-state index contributed by atoms with van der Waals surface area (Å²) in [5, 5.41) is 20.6. The summed E-state index contributed by atoms with van der Waals surface area (Å²) in [6.07, 6.45) is 0. The average molecular weight is 230 g/mol.